The lowest BCUT2D eigenvalue weighted by atomic mass is 10.1. The van der Waals surface area contributed by atoms with Crippen molar-refractivity contribution in [3.63, 3.8) is 0 Å². The fourth-order valence-electron chi connectivity index (χ4n) is 2.40. The molecule has 0 unspecified atom stereocenters. The third-order valence-corrected chi connectivity index (χ3v) is 4.75. The lowest BCUT2D eigenvalue weighted by Gasteiger charge is -2.05. The normalized spacial score (nSPS) is 11.7. The average molecular weight is 354 g/mol. The third-order valence-electron chi connectivity index (χ3n) is 3.72. The van der Waals surface area contributed by atoms with Crippen molar-refractivity contribution in [3.05, 3.63) is 54.1 Å². The van der Waals surface area contributed by atoms with Gasteiger partial charge in [0.1, 0.15) is 5.75 Å². The Balaban J connectivity index is 1.62. The molecule has 0 saturated heterocycles. The molecule has 0 radical (unpaired) electrons. The Morgan fingerprint density at radius 3 is 2.72 bits per heavy atom. The van der Waals surface area contributed by atoms with Crippen LogP contribution in [0.1, 0.15) is 12.5 Å². The van der Waals surface area contributed by atoms with Crippen LogP contribution < -0.4 is 5.43 Å². The number of hydrogen-bond donors (Lipinski definition) is 2. The van der Waals surface area contributed by atoms with Crippen molar-refractivity contribution in [2.24, 2.45) is 12.1 Å². The number of hydrazone groups is 1. The van der Waals surface area contributed by atoms with Gasteiger partial charge in [0.05, 0.1) is 22.5 Å². The number of thioether (sulfide) groups is 1. The van der Waals surface area contributed by atoms with E-state index in [1.807, 2.05) is 35.9 Å². The number of hydrogen-bond acceptors (Lipinski definition) is 5. The Hall–Kier alpha value is -2.80. The second-order valence-electron chi connectivity index (χ2n) is 5.48. The van der Waals surface area contributed by atoms with E-state index in [4.69, 9.17) is 0 Å². The van der Waals surface area contributed by atoms with Crippen molar-refractivity contribution in [1.82, 2.24) is 15.0 Å². The molecule has 6 nitrogen and oxygen atoms in total. The molecule has 0 atom stereocenters. The van der Waals surface area contributed by atoms with E-state index in [1.165, 1.54) is 11.8 Å². The van der Waals surface area contributed by atoms with Crippen LogP contribution in [0.2, 0.25) is 0 Å². The number of imidazole rings is 1. The Morgan fingerprint density at radius 1 is 1.24 bits per heavy atom. The molecular weight excluding hydrogens is 336 g/mol. The Morgan fingerprint density at radius 2 is 1.96 bits per heavy atom. The van der Waals surface area contributed by atoms with E-state index in [-0.39, 0.29) is 17.4 Å². The summed E-state index contributed by atoms with van der Waals surface area (Å²) in [7, 11) is 1.93. The molecule has 0 aliphatic carbocycles. The van der Waals surface area contributed by atoms with Gasteiger partial charge < -0.3 is 9.67 Å². The minimum Gasteiger partial charge on any atom is -0.507 e. The molecule has 3 rings (SSSR count). The number of aromatic nitrogens is 2. The van der Waals surface area contributed by atoms with E-state index in [1.54, 1.807) is 31.2 Å². The molecule has 128 valence electrons. The average Bonchev–Trinajstić information content (AvgIpc) is 2.94. The number of rotatable bonds is 5. The summed E-state index contributed by atoms with van der Waals surface area (Å²) >= 11 is 1.35. The fourth-order valence-corrected chi connectivity index (χ4v) is 3.18. The summed E-state index contributed by atoms with van der Waals surface area (Å²) in [4.78, 5) is 16.5. The van der Waals surface area contributed by atoms with Gasteiger partial charge in [-0.15, -0.1) is 0 Å². The molecule has 1 heterocycles. The number of nitrogens with zero attached hydrogens (tertiary/aromatic N) is 3. The molecule has 0 aliphatic rings. The standard InChI is InChI=1S/C18H18N4O2S/c1-12(13-7-3-6-10-16(13)23)20-21-17(24)11-25-18-19-14-8-4-5-9-15(14)22(18)2/h3-10,23H,11H2,1-2H3,(H,21,24)/b20-12+. The number of phenolic OH excluding ortho intramolecular Hbond substituents is 1. The lowest BCUT2D eigenvalue weighted by Crippen LogP contribution is -2.21. The van der Waals surface area contributed by atoms with E-state index in [2.05, 4.69) is 15.5 Å². The molecular formula is C18H18N4O2S. The third kappa shape index (κ3) is 3.83. The summed E-state index contributed by atoms with van der Waals surface area (Å²) in [6, 6.07) is 14.7. The predicted molar refractivity (Wildman–Crippen MR) is 99.9 cm³/mol. The van der Waals surface area contributed by atoms with E-state index in [0.29, 0.717) is 11.3 Å². The van der Waals surface area contributed by atoms with Crippen molar-refractivity contribution >= 4 is 34.4 Å². The lowest BCUT2D eigenvalue weighted by molar-refractivity contribution is -0.118. The molecule has 0 saturated carbocycles. The first-order valence-electron chi connectivity index (χ1n) is 7.72. The van der Waals surface area contributed by atoms with Crippen LogP contribution in [0.5, 0.6) is 5.75 Å². The number of nitrogens with one attached hydrogen (secondary N) is 1. The summed E-state index contributed by atoms with van der Waals surface area (Å²) in [5.74, 6) is 0.105. The minimum atomic E-state index is -0.230. The molecule has 3 aromatic rings. The maximum atomic E-state index is 12.0. The second kappa shape index (κ2) is 7.40. The highest BCUT2D eigenvalue weighted by Gasteiger charge is 2.10. The van der Waals surface area contributed by atoms with Gasteiger partial charge in [-0.2, -0.15) is 5.10 Å². The smallest absolute Gasteiger partial charge is 0.250 e. The van der Waals surface area contributed by atoms with Crippen LogP contribution in [-0.2, 0) is 11.8 Å². The largest absolute Gasteiger partial charge is 0.507 e. The highest BCUT2D eigenvalue weighted by atomic mass is 32.2. The van der Waals surface area contributed by atoms with Gasteiger partial charge in [-0.25, -0.2) is 10.4 Å². The van der Waals surface area contributed by atoms with E-state index < -0.39 is 0 Å². The molecule has 0 fully saturated rings. The van der Waals surface area contributed by atoms with Gasteiger partial charge in [0.15, 0.2) is 5.16 Å². The van der Waals surface area contributed by atoms with E-state index in [9.17, 15) is 9.90 Å². The number of aryl methyl sites for hydroxylation is 1. The van der Waals surface area contributed by atoms with Gasteiger partial charge in [0.2, 0.25) is 0 Å². The van der Waals surface area contributed by atoms with E-state index in [0.717, 1.165) is 16.2 Å². The number of carbonyl (C=O) groups is 1. The highest BCUT2D eigenvalue weighted by molar-refractivity contribution is 7.99. The number of carbonyl (C=O) groups excluding carboxylic acids is 1. The molecule has 1 amide bonds. The van der Waals surface area contributed by atoms with Crippen LogP contribution in [-0.4, -0.2) is 32.0 Å². The van der Waals surface area contributed by atoms with Crippen LogP contribution in [0.4, 0.5) is 0 Å². The molecule has 0 bridgehead atoms. The Labute approximate surface area is 149 Å². The number of aromatic hydroxyl groups is 1. The second-order valence-corrected chi connectivity index (χ2v) is 6.42. The number of phenols is 1. The van der Waals surface area contributed by atoms with Crippen LogP contribution >= 0.6 is 11.8 Å². The van der Waals surface area contributed by atoms with Crippen molar-refractivity contribution < 1.29 is 9.90 Å². The molecule has 25 heavy (non-hydrogen) atoms. The van der Waals surface area contributed by atoms with E-state index >= 15 is 0 Å². The first-order valence-corrected chi connectivity index (χ1v) is 8.70. The first kappa shape index (κ1) is 17.0. The molecule has 1 aromatic heterocycles. The zero-order valence-electron chi connectivity index (χ0n) is 13.9. The molecule has 2 aromatic carbocycles. The summed E-state index contributed by atoms with van der Waals surface area (Å²) < 4.78 is 1.96. The molecule has 0 spiro atoms. The summed E-state index contributed by atoms with van der Waals surface area (Å²) in [6.07, 6.45) is 0. The van der Waals surface area contributed by atoms with Gasteiger partial charge in [-0.3, -0.25) is 4.79 Å². The number of para-hydroxylation sites is 3. The topological polar surface area (TPSA) is 79.5 Å². The van der Waals surface area contributed by atoms with Crippen LogP contribution in [0.25, 0.3) is 11.0 Å². The van der Waals surface area contributed by atoms with Crippen LogP contribution in [0, 0.1) is 0 Å². The Kier molecular flexibility index (Phi) is 5.04. The minimum absolute atomic E-state index is 0.132. The van der Waals surface area contributed by atoms with Crippen molar-refractivity contribution in [1.29, 1.82) is 0 Å². The fraction of sp³-hybridized carbons (Fsp3) is 0.167. The molecule has 0 aliphatic heterocycles. The maximum absolute atomic E-state index is 12.0. The highest BCUT2D eigenvalue weighted by Crippen LogP contribution is 2.22. The van der Waals surface area contributed by atoms with Gasteiger partial charge >= 0.3 is 0 Å². The number of benzene rings is 2. The van der Waals surface area contributed by atoms with Crippen molar-refractivity contribution in [3.8, 4) is 5.75 Å². The first-order chi connectivity index (χ1) is 12.1. The number of fused-ring (bicyclic) bond motifs is 1. The number of amides is 1. The van der Waals surface area contributed by atoms with Gasteiger partial charge in [-0.05, 0) is 31.2 Å². The van der Waals surface area contributed by atoms with Gasteiger partial charge in [0, 0.05) is 12.6 Å². The summed E-state index contributed by atoms with van der Waals surface area (Å²) in [6.45, 7) is 1.73. The zero-order valence-corrected chi connectivity index (χ0v) is 14.7. The Bertz CT molecular complexity index is 949. The quantitative estimate of drug-likeness (QED) is 0.419. The summed E-state index contributed by atoms with van der Waals surface area (Å²) in [5.41, 5.74) is 5.57. The summed E-state index contributed by atoms with van der Waals surface area (Å²) in [5, 5.41) is 14.6. The van der Waals surface area contributed by atoms with Gasteiger partial charge in [-0.1, -0.05) is 36.0 Å². The monoisotopic (exact) mass is 354 g/mol. The molecule has 2 N–H and O–H groups in total. The van der Waals surface area contributed by atoms with Gasteiger partial charge in [0.25, 0.3) is 5.91 Å². The SMILES string of the molecule is C/C(=N\NC(=O)CSc1nc2ccccc2n1C)c1ccccc1O. The zero-order chi connectivity index (χ0) is 17.8. The van der Waals surface area contributed by atoms with Crippen LogP contribution in [0.3, 0.4) is 0 Å². The van der Waals surface area contributed by atoms with Crippen LogP contribution in [0.15, 0.2) is 58.8 Å². The predicted octanol–water partition coefficient (Wildman–Crippen LogP) is 2.91. The van der Waals surface area contributed by atoms with Crippen molar-refractivity contribution in [2.75, 3.05) is 5.75 Å². The van der Waals surface area contributed by atoms with Crippen molar-refractivity contribution in [2.45, 2.75) is 12.1 Å². The maximum Gasteiger partial charge on any atom is 0.250 e. The molecule has 7 heteroatoms.